The highest BCUT2D eigenvalue weighted by Gasteiger charge is 2.22. The van der Waals surface area contributed by atoms with Crippen molar-refractivity contribution in [2.45, 2.75) is 13.0 Å². The Hall–Kier alpha value is -2.21. The number of halogens is 1. The zero-order chi connectivity index (χ0) is 15.4. The van der Waals surface area contributed by atoms with Gasteiger partial charge < -0.3 is 14.8 Å². The number of rotatable bonds is 5. The van der Waals surface area contributed by atoms with E-state index in [4.69, 9.17) is 9.47 Å². The molecule has 0 saturated carbocycles. The third-order valence-corrected chi connectivity index (χ3v) is 3.26. The van der Waals surface area contributed by atoms with E-state index >= 15 is 0 Å². The Morgan fingerprint density at radius 3 is 2.62 bits per heavy atom. The summed E-state index contributed by atoms with van der Waals surface area (Å²) in [7, 11) is 4.80. The molecule has 6 heteroatoms. The van der Waals surface area contributed by atoms with Gasteiger partial charge in [-0.15, -0.1) is 0 Å². The summed E-state index contributed by atoms with van der Waals surface area (Å²) in [4.78, 5) is 8.56. The van der Waals surface area contributed by atoms with Crippen molar-refractivity contribution in [2.75, 3.05) is 21.3 Å². The zero-order valence-corrected chi connectivity index (χ0v) is 12.5. The van der Waals surface area contributed by atoms with Gasteiger partial charge in [-0.25, -0.2) is 9.37 Å². The summed E-state index contributed by atoms with van der Waals surface area (Å²) < 4.78 is 23.9. The third kappa shape index (κ3) is 3.11. The summed E-state index contributed by atoms with van der Waals surface area (Å²) in [6, 6.07) is 4.33. The molecule has 5 nitrogen and oxygen atoms in total. The molecule has 1 unspecified atom stereocenters. The summed E-state index contributed by atoms with van der Waals surface area (Å²) in [6.45, 7) is 1.92. The number of hydrogen-bond acceptors (Lipinski definition) is 5. The van der Waals surface area contributed by atoms with Gasteiger partial charge in [-0.3, -0.25) is 0 Å². The van der Waals surface area contributed by atoms with Gasteiger partial charge in [0.1, 0.15) is 11.5 Å². The third-order valence-electron chi connectivity index (χ3n) is 3.26. The lowest BCUT2D eigenvalue weighted by molar-refractivity contribution is 0.353. The van der Waals surface area contributed by atoms with E-state index in [-0.39, 0.29) is 11.9 Å². The number of nitrogens with one attached hydrogen (secondary N) is 1. The second kappa shape index (κ2) is 6.49. The second-order valence-corrected chi connectivity index (χ2v) is 4.53. The number of nitrogens with zero attached hydrogens (tertiary/aromatic N) is 2. The zero-order valence-electron chi connectivity index (χ0n) is 12.5. The van der Waals surface area contributed by atoms with Gasteiger partial charge in [-0.05, 0) is 37.2 Å². The molecule has 1 N–H and O–H groups in total. The van der Waals surface area contributed by atoms with Crippen molar-refractivity contribution >= 4 is 0 Å². The van der Waals surface area contributed by atoms with Crippen LogP contribution in [0, 0.1) is 12.7 Å². The number of aromatic nitrogens is 2. The molecule has 1 heterocycles. The highest BCUT2D eigenvalue weighted by Crippen LogP contribution is 2.30. The molecule has 0 amide bonds. The van der Waals surface area contributed by atoms with Crippen LogP contribution in [-0.2, 0) is 0 Å². The van der Waals surface area contributed by atoms with Crippen molar-refractivity contribution in [1.29, 1.82) is 0 Å². The largest absolute Gasteiger partial charge is 0.480 e. The molecule has 1 aromatic heterocycles. The Morgan fingerprint density at radius 1 is 1.24 bits per heavy atom. The lowest BCUT2D eigenvalue weighted by Crippen LogP contribution is -2.21. The first kappa shape index (κ1) is 15.2. The number of aryl methyl sites for hydroxylation is 1. The number of benzene rings is 1. The van der Waals surface area contributed by atoms with Crippen LogP contribution in [-0.4, -0.2) is 31.2 Å². The fourth-order valence-electron chi connectivity index (χ4n) is 2.17. The molecular weight excluding hydrogens is 273 g/mol. The van der Waals surface area contributed by atoms with Gasteiger partial charge in [0.25, 0.3) is 0 Å². The number of methoxy groups -OCH3 is 2. The molecule has 0 radical (unpaired) electrons. The summed E-state index contributed by atoms with van der Waals surface area (Å²) in [5.41, 5.74) is 2.32. The fourth-order valence-corrected chi connectivity index (χ4v) is 2.17. The molecule has 0 fully saturated rings. The Bertz CT molecular complexity index is 634. The van der Waals surface area contributed by atoms with Crippen LogP contribution in [0.4, 0.5) is 4.39 Å². The smallest absolute Gasteiger partial charge is 0.240 e. The molecule has 0 aliphatic rings. The van der Waals surface area contributed by atoms with E-state index in [1.807, 2.05) is 6.92 Å². The number of ether oxygens (including phenoxy) is 2. The molecule has 0 aliphatic heterocycles. The maximum Gasteiger partial charge on any atom is 0.240 e. The first-order valence-corrected chi connectivity index (χ1v) is 6.49. The molecule has 112 valence electrons. The summed E-state index contributed by atoms with van der Waals surface area (Å²) in [5.74, 6) is 0.412. The van der Waals surface area contributed by atoms with Gasteiger partial charge in [-0.2, -0.15) is 4.98 Å². The lowest BCUT2D eigenvalue weighted by Gasteiger charge is -2.20. The Morgan fingerprint density at radius 2 is 2.00 bits per heavy atom. The minimum absolute atomic E-state index is 0.295. The molecule has 2 rings (SSSR count). The highest BCUT2D eigenvalue weighted by molar-refractivity contribution is 5.38. The van der Waals surface area contributed by atoms with Gasteiger partial charge in [0.15, 0.2) is 0 Å². The van der Waals surface area contributed by atoms with E-state index < -0.39 is 0 Å². The standard InChI is InChI=1S/C15H18FN3O2/c1-9-5-6-10(16)7-11(9)13(17-2)14-15(21-4)19-12(20-3)8-18-14/h5-8,13,17H,1-4H3. The van der Waals surface area contributed by atoms with E-state index in [0.717, 1.165) is 11.1 Å². The summed E-state index contributed by atoms with van der Waals surface area (Å²) >= 11 is 0. The topological polar surface area (TPSA) is 56.3 Å². The molecule has 0 spiro atoms. The van der Waals surface area contributed by atoms with Crippen molar-refractivity contribution in [2.24, 2.45) is 0 Å². The number of hydrogen-bond donors (Lipinski definition) is 1. The predicted molar refractivity (Wildman–Crippen MR) is 77.2 cm³/mol. The molecule has 1 atom stereocenters. The van der Waals surface area contributed by atoms with E-state index in [2.05, 4.69) is 15.3 Å². The quantitative estimate of drug-likeness (QED) is 0.915. The highest BCUT2D eigenvalue weighted by atomic mass is 19.1. The Labute approximate surface area is 123 Å². The Kier molecular flexibility index (Phi) is 4.70. The van der Waals surface area contributed by atoms with Gasteiger partial charge in [0, 0.05) is 0 Å². The van der Waals surface area contributed by atoms with Crippen LogP contribution in [0.15, 0.2) is 24.4 Å². The van der Waals surface area contributed by atoms with Crippen LogP contribution in [0.5, 0.6) is 11.8 Å². The van der Waals surface area contributed by atoms with E-state index in [1.165, 1.54) is 32.5 Å². The normalized spacial score (nSPS) is 12.0. The summed E-state index contributed by atoms with van der Waals surface area (Å²) in [6.07, 6.45) is 1.51. The van der Waals surface area contributed by atoms with Crippen molar-refractivity contribution in [3.63, 3.8) is 0 Å². The van der Waals surface area contributed by atoms with E-state index in [9.17, 15) is 4.39 Å². The SMILES string of the molecule is CNC(c1cc(F)ccc1C)c1ncc(OC)nc1OC. The molecule has 0 aliphatic carbocycles. The average Bonchev–Trinajstić information content (AvgIpc) is 2.51. The van der Waals surface area contributed by atoms with Gasteiger partial charge >= 0.3 is 0 Å². The molecule has 1 aromatic carbocycles. The van der Waals surface area contributed by atoms with Crippen LogP contribution in [0.1, 0.15) is 22.9 Å². The van der Waals surface area contributed by atoms with Gasteiger partial charge in [-0.1, -0.05) is 6.07 Å². The summed E-state index contributed by atoms with van der Waals surface area (Å²) in [5, 5.41) is 3.12. The fraction of sp³-hybridized carbons (Fsp3) is 0.333. The maximum absolute atomic E-state index is 13.5. The van der Waals surface area contributed by atoms with Crippen molar-refractivity contribution in [3.8, 4) is 11.8 Å². The first-order chi connectivity index (χ1) is 10.1. The molecular formula is C15H18FN3O2. The van der Waals surface area contributed by atoms with Crippen LogP contribution in [0.3, 0.4) is 0 Å². The van der Waals surface area contributed by atoms with Crippen molar-refractivity contribution in [3.05, 3.63) is 47.0 Å². The molecule has 0 saturated heterocycles. The molecule has 2 aromatic rings. The molecule has 0 bridgehead atoms. The van der Waals surface area contributed by atoms with Crippen LogP contribution < -0.4 is 14.8 Å². The second-order valence-electron chi connectivity index (χ2n) is 4.53. The average molecular weight is 291 g/mol. The van der Waals surface area contributed by atoms with Gasteiger partial charge in [0.2, 0.25) is 11.8 Å². The van der Waals surface area contributed by atoms with Crippen molar-refractivity contribution < 1.29 is 13.9 Å². The van der Waals surface area contributed by atoms with E-state index in [1.54, 1.807) is 13.1 Å². The first-order valence-electron chi connectivity index (χ1n) is 6.49. The van der Waals surface area contributed by atoms with Crippen LogP contribution in [0.25, 0.3) is 0 Å². The minimum Gasteiger partial charge on any atom is -0.480 e. The van der Waals surface area contributed by atoms with Gasteiger partial charge in [0.05, 0.1) is 26.5 Å². The minimum atomic E-state index is -0.325. The lowest BCUT2D eigenvalue weighted by atomic mass is 9.98. The monoisotopic (exact) mass is 291 g/mol. The Balaban J connectivity index is 2.53. The van der Waals surface area contributed by atoms with Crippen molar-refractivity contribution in [1.82, 2.24) is 15.3 Å². The predicted octanol–water partition coefficient (Wildman–Crippen LogP) is 2.25. The van der Waals surface area contributed by atoms with Crippen LogP contribution >= 0.6 is 0 Å². The maximum atomic E-state index is 13.5. The van der Waals surface area contributed by atoms with Crippen LogP contribution in [0.2, 0.25) is 0 Å². The van der Waals surface area contributed by atoms with E-state index in [0.29, 0.717) is 17.5 Å². The molecule has 21 heavy (non-hydrogen) atoms.